The predicted molar refractivity (Wildman–Crippen MR) is 46.4 cm³/mol. The number of aliphatic hydroxyl groups excluding tert-OH is 3. The molecule has 2 aliphatic heterocycles. The molecule has 2 rings (SSSR count). The van der Waals surface area contributed by atoms with E-state index in [4.69, 9.17) is 0 Å². The van der Waals surface area contributed by atoms with Gasteiger partial charge in [-0.25, -0.2) is 0 Å². The van der Waals surface area contributed by atoms with Crippen molar-refractivity contribution in [2.75, 3.05) is 19.7 Å². The summed E-state index contributed by atoms with van der Waals surface area (Å²) in [6, 6.07) is 0. The third kappa shape index (κ3) is 1.38. The monoisotopic (exact) mass is 188 g/mol. The van der Waals surface area contributed by atoms with Crippen molar-refractivity contribution in [1.29, 1.82) is 0 Å². The van der Waals surface area contributed by atoms with E-state index in [1.165, 1.54) is 4.90 Å². The van der Waals surface area contributed by atoms with E-state index in [1.54, 1.807) is 0 Å². The lowest BCUT2D eigenvalue weighted by Crippen LogP contribution is -3.21. The molecule has 76 valence electrons. The van der Waals surface area contributed by atoms with E-state index in [0.29, 0.717) is 13.0 Å². The maximum atomic E-state index is 9.55. The number of fused-ring (bicyclic) bond motifs is 1. The maximum absolute atomic E-state index is 9.55. The van der Waals surface area contributed by atoms with Crippen LogP contribution in [0.25, 0.3) is 0 Å². The molecule has 0 aliphatic carbocycles. The fourth-order valence-electron chi connectivity index (χ4n) is 2.83. The van der Waals surface area contributed by atoms with Crippen LogP contribution in [0.15, 0.2) is 0 Å². The normalized spacial score (nSPS) is 50.5. The highest BCUT2D eigenvalue weighted by molar-refractivity contribution is 4.90. The second-order valence-corrected chi connectivity index (χ2v) is 4.44. The topological polar surface area (TPSA) is 65.1 Å². The summed E-state index contributed by atoms with van der Waals surface area (Å²) in [4.78, 5) is 1.27. The Hall–Kier alpha value is -0.160. The van der Waals surface area contributed by atoms with Crippen LogP contribution < -0.4 is 4.90 Å². The first-order valence-corrected chi connectivity index (χ1v) is 5.00. The maximum Gasteiger partial charge on any atom is 0.129 e. The van der Waals surface area contributed by atoms with E-state index in [-0.39, 0.29) is 12.1 Å². The van der Waals surface area contributed by atoms with Gasteiger partial charge in [0.05, 0.1) is 19.3 Å². The number of aliphatic hydroxyl groups is 3. The van der Waals surface area contributed by atoms with Crippen LogP contribution in [0, 0.1) is 0 Å². The minimum absolute atomic E-state index is 0.131. The summed E-state index contributed by atoms with van der Waals surface area (Å²) in [6.45, 7) is 1.73. The van der Waals surface area contributed by atoms with E-state index in [0.717, 1.165) is 19.4 Å². The van der Waals surface area contributed by atoms with Crippen LogP contribution in [-0.4, -0.2) is 52.8 Å². The van der Waals surface area contributed by atoms with Crippen LogP contribution in [-0.2, 0) is 0 Å². The lowest BCUT2D eigenvalue weighted by Gasteiger charge is -2.41. The molecule has 4 nitrogen and oxygen atoms in total. The largest absolute Gasteiger partial charge is 0.390 e. The molecule has 1 unspecified atom stereocenters. The van der Waals surface area contributed by atoms with E-state index >= 15 is 0 Å². The molecule has 0 saturated carbocycles. The highest BCUT2D eigenvalue weighted by atomic mass is 16.3. The van der Waals surface area contributed by atoms with Crippen LogP contribution in [0.2, 0.25) is 0 Å². The molecule has 2 heterocycles. The van der Waals surface area contributed by atoms with E-state index in [9.17, 15) is 15.3 Å². The van der Waals surface area contributed by atoms with Crippen molar-refractivity contribution >= 4 is 0 Å². The van der Waals surface area contributed by atoms with Crippen molar-refractivity contribution in [1.82, 2.24) is 0 Å². The number of quaternary nitrogens is 1. The Labute approximate surface area is 77.8 Å². The Morgan fingerprint density at radius 3 is 2.77 bits per heavy atom. The fraction of sp³-hybridized carbons (Fsp3) is 1.00. The lowest BCUT2D eigenvalue weighted by atomic mass is 9.84. The summed E-state index contributed by atoms with van der Waals surface area (Å²) in [5.74, 6) is 0. The second kappa shape index (κ2) is 3.20. The Kier molecular flexibility index (Phi) is 2.32. The third-order valence-electron chi connectivity index (χ3n) is 3.69. The predicted octanol–water partition coefficient (Wildman–Crippen LogP) is -2.48. The molecule has 0 aromatic heterocycles. The Balaban J connectivity index is 2.15. The molecule has 4 heteroatoms. The van der Waals surface area contributed by atoms with Crippen molar-refractivity contribution in [2.24, 2.45) is 0 Å². The minimum Gasteiger partial charge on any atom is -0.390 e. The Morgan fingerprint density at radius 1 is 1.31 bits per heavy atom. The number of hydrogen-bond acceptors (Lipinski definition) is 3. The van der Waals surface area contributed by atoms with Gasteiger partial charge >= 0.3 is 0 Å². The van der Waals surface area contributed by atoms with Crippen LogP contribution in [0.1, 0.15) is 19.3 Å². The molecular weight excluding hydrogens is 170 g/mol. The van der Waals surface area contributed by atoms with Crippen molar-refractivity contribution in [3.05, 3.63) is 0 Å². The van der Waals surface area contributed by atoms with Gasteiger partial charge in [-0.15, -0.1) is 0 Å². The van der Waals surface area contributed by atoms with Crippen molar-refractivity contribution < 1.29 is 20.2 Å². The standard InChI is InChI=1S/C9H17NO3/c11-6-9-2-1-3-10(9)5-8(13)7(12)4-9/h7-8,11-13H,1-6H2/p+1/t7-,8+,9-/m1/s1. The van der Waals surface area contributed by atoms with Gasteiger partial charge in [0, 0.05) is 19.3 Å². The molecule has 0 aromatic rings. The van der Waals surface area contributed by atoms with Crippen LogP contribution in [0.4, 0.5) is 0 Å². The number of nitrogens with one attached hydrogen (secondary N) is 1. The van der Waals surface area contributed by atoms with Crippen LogP contribution in [0.3, 0.4) is 0 Å². The van der Waals surface area contributed by atoms with Gasteiger partial charge in [-0.05, 0) is 0 Å². The summed E-state index contributed by atoms with van der Waals surface area (Å²) >= 11 is 0. The Bertz CT molecular complexity index is 199. The first-order chi connectivity index (χ1) is 6.18. The van der Waals surface area contributed by atoms with Gasteiger partial charge in [0.15, 0.2) is 0 Å². The quantitative estimate of drug-likeness (QED) is 0.368. The summed E-state index contributed by atoms with van der Waals surface area (Å²) in [6.07, 6.45) is 1.36. The molecule has 4 atom stereocenters. The summed E-state index contributed by atoms with van der Waals surface area (Å²) < 4.78 is 0. The number of rotatable bonds is 1. The van der Waals surface area contributed by atoms with E-state index < -0.39 is 12.2 Å². The van der Waals surface area contributed by atoms with E-state index in [1.807, 2.05) is 0 Å². The molecular formula is C9H18NO3+. The van der Waals surface area contributed by atoms with Gasteiger partial charge in [0.25, 0.3) is 0 Å². The zero-order valence-electron chi connectivity index (χ0n) is 7.74. The van der Waals surface area contributed by atoms with Gasteiger partial charge in [0.1, 0.15) is 18.2 Å². The van der Waals surface area contributed by atoms with Crippen LogP contribution in [0.5, 0.6) is 0 Å². The van der Waals surface area contributed by atoms with Gasteiger partial charge in [-0.1, -0.05) is 0 Å². The zero-order valence-corrected chi connectivity index (χ0v) is 7.74. The summed E-state index contributed by atoms with van der Waals surface area (Å²) in [5.41, 5.74) is -0.154. The number of piperidine rings is 1. The van der Waals surface area contributed by atoms with Gasteiger partial charge in [-0.3, -0.25) is 0 Å². The molecule has 4 N–H and O–H groups in total. The molecule has 0 aromatic carbocycles. The van der Waals surface area contributed by atoms with Crippen LogP contribution >= 0.6 is 0 Å². The van der Waals surface area contributed by atoms with Crippen molar-refractivity contribution in [2.45, 2.75) is 37.0 Å². The molecule has 2 aliphatic rings. The second-order valence-electron chi connectivity index (χ2n) is 4.44. The number of hydrogen-bond donors (Lipinski definition) is 4. The highest BCUT2D eigenvalue weighted by Crippen LogP contribution is 2.24. The average Bonchev–Trinajstić information content (AvgIpc) is 2.49. The highest BCUT2D eigenvalue weighted by Gasteiger charge is 2.51. The lowest BCUT2D eigenvalue weighted by molar-refractivity contribution is -0.950. The van der Waals surface area contributed by atoms with Crippen molar-refractivity contribution in [3.63, 3.8) is 0 Å². The minimum atomic E-state index is -0.644. The molecule has 0 amide bonds. The zero-order chi connectivity index (χ0) is 9.47. The summed E-state index contributed by atoms with van der Waals surface area (Å²) in [5, 5.41) is 28.4. The molecule has 0 radical (unpaired) electrons. The fourth-order valence-corrected chi connectivity index (χ4v) is 2.83. The molecule has 2 saturated heterocycles. The van der Waals surface area contributed by atoms with Gasteiger partial charge in [-0.2, -0.15) is 0 Å². The first kappa shape index (κ1) is 9.40. The molecule has 0 spiro atoms. The molecule has 13 heavy (non-hydrogen) atoms. The van der Waals surface area contributed by atoms with Gasteiger partial charge < -0.3 is 20.2 Å². The molecule has 0 bridgehead atoms. The smallest absolute Gasteiger partial charge is 0.129 e. The Morgan fingerprint density at radius 2 is 2.08 bits per heavy atom. The first-order valence-electron chi connectivity index (χ1n) is 5.00. The summed E-state index contributed by atoms with van der Waals surface area (Å²) in [7, 11) is 0. The third-order valence-corrected chi connectivity index (χ3v) is 3.69. The van der Waals surface area contributed by atoms with Crippen molar-refractivity contribution in [3.8, 4) is 0 Å². The SMILES string of the molecule is OC[C@]12CCC[NH+]1C[C@H](O)[C@H](O)C2. The van der Waals surface area contributed by atoms with Gasteiger partial charge in [0.2, 0.25) is 0 Å². The molecule has 2 fully saturated rings. The average molecular weight is 188 g/mol. The van der Waals surface area contributed by atoms with E-state index in [2.05, 4.69) is 0 Å².